The number of carbonyl (C=O) groups excluding carboxylic acids is 4. The second-order valence-electron chi connectivity index (χ2n) is 10.2. The Bertz CT molecular complexity index is 1440. The maximum absolute atomic E-state index is 12.9. The van der Waals surface area contributed by atoms with Crippen LogP contribution in [0.2, 0.25) is 0 Å². The molecular weight excluding hydrogens is 631 g/mol. The summed E-state index contributed by atoms with van der Waals surface area (Å²) in [6.45, 7) is -0.477. The van der Waals surface area contributed by atoms with Crippen LogP contribution < -0.4 is 27.0 Å². The summed E-state index contributed by atoms with van der Waals surface area (Å²) in [5, 5.41) is 36.2. The second-order valence-corrected chi connectivity index (χ2v) is 10.2. The number of nitrogens with two attached hydrogens (primary N) is 1. The van der Waals surface area contributed by atoms with Crippen molar-refractivity contribution in [3.63, 3.8) is 0 Å². The number of hydrogen-bond donors (Lipinski definition) is 8. The van der Waals surface area contributed by atoms with Crippen LogP contribution in [-0.4, -0.2) is 87.8 Å². The Balaban J connectivity index is 0.000000984. The minimum atomic E-state index is -5.08. The first-order valence-electron chi connectivity index (χ1n) is 14.0. The predicted molar refractivity (Wildman–Crippen MR) is 158 cm³/mol. The number of alkyl halides is 3. The van der Waals surface area contributed by atoms with Crippen LogP contribution in [0.5, 0.6) is 5.75 Å². The molecule has 0 radical (unpaired) electrons. The van der Waals surface area contributed by atoms with Gasteiger partial charge in [0.25, 0.3) is 0 Å². The Kier molecular flexibility index (Phi) is 14.4. The Morgan fingerprint density at radius 1 is 0.894 bits per heavy atom. The maximum Gasteiger partial charge on any atom is 0.490 e. The zero-order chi connectivity index (χ0) is 35.1. The fraction of sp³-hybridized carbons (Fsp3) is 0.333. The highest BCUT2D eigenvalue weighted by atomic mass is 19.4. The number of aromatic hydroxyl groups is 1. The molecule has 1 heterocycles. The largest absolute Gasteiger partial charge is 0.508 e. The molecule has 254 valence electrons. The second kappa shape index (κ2) is 17.9. The molecule has 1 aliphatic rings. The molecule has 9 N–H and O–H groups in total. The molecule has 4 amide bonds. The summed E-state index contributed by atoms with van der Waals surface area (Å²) in [6.07, 6.45) is -1.91. The van der Waals surface area contributed by atoms with E-state index in [9.17, 15) is 47.4 Å². The molecule has 0 aliphatic carbocycles. The Morgan fingerprint density at radius 2 is 1.49 bits per heavy atom. The van der Waals surface area contributed by atoms with Crippen molar-refractivity contribution in [2.45, 2.75) is 56.0 Å². The van der Waals surface area contributed by atoms with Crippen molar-refractivity contribution in [1.29, 1.82) is 0 Å². The van der Waals surface area contributed by atoms with Crippen molar-refractivity contribution in [2.24, 2.45) is 5.73 Å². The first kappa shape index (κ1) is 37.7. The van der Waals surface area contributed by atoms with Crippen LogP contribution in [-0.2, 0) is 41.6 Å². The van der Waals surface area contributed by atoms with E-state index in [-0.39, 0.29) is 31.4 Å². The number of phenols is 1. The first-order chi connectivity index (χ1) is 22.1. The van der Waals surface area contributed by atoms with Gasteiger partial charge in [-0.25, -0.2) is 9.59 Å². The average Bonchev–Trinajstić information content (AvgIpc) is 3.01. The van der Waals surface area contributed by atoms with Crippen molar-refractivity contribution < 1.29 is 57.3 Å². The lowest BCUT2D eigenvalue weighted by molar-refractivity contribution is -0.192. The van der Waals surface area contributed by atoms with E-state index in [1.165, 1.54) is 24.3 Å². The summed E-state index contributed by atoms with van der Waals surface area (Å²) in [5.41, 5.74) is 7.48. The van der Waals surface area contributed by atoms with E-state index in [4.69, 9.17) is 15.6 Å². The van der Waals surface area contributed by atoms with Gasteiger partial charge in [-0.2, -0.15) is 13.2 Å². The number of hydrogen-bond acceptors (Lipinski definition) is 8. The summed E-state index contributed by atoms with van der Waals surface area (Å²) in [5.74, 6) is -6.55. The van der Waals surface area contributed by atoms with Crippen LogP contribution >= 0.6 is 0 Å². The van der Waals surface area contributed by atoms with E-state index in [0.29, 0.717) is 5.56 Å². The van der Waals surface area contributed by atoms with Crippen LogP contribution in [0.25, 0.3) is 0 Å². The molecule has 4 atom stereocenters. The van der Waals surface area contributed by atoms with Gasteiger partial charge in [-0.15, -0.1) is 0 Å². The highest BCUT2D eigenvalue weighted by molar-refractivity contribution is 5.94. The minimum Gasteiger partial charge on any atom is -0.508 e. The number of rotatable bonds is 7. The molecule has 47 heavy (non-hydrogen) atoms. The Morgan fingerprint density at radius 3 is 2.06 bits per heavy atom. The summed E-state index contributed by atoms with van der Waals surface area (Å²) in [4.78, 5) is 72.0. The first-order valence-corrected chi connectivity index (χ1v) is 14.0. The van der Waals surface area contributed by atoms with E-state index in [2.05, 4.69) is 21.3 Å². The SMILES string of the molecule is N[C@@H](Cc1ccc(O)cc1)C(=O)N[C@@H]1C/C=C\C[C@H](C(=O)O)NC(=O)[C@H](Cc2ccccc2)NC(=O)CNC1=O.O=C(O)C(F)(F)F. The lowest BCUT2D eigenvalue weighted by Gasteiger charge is -2.23. The molecule has 3 rings (SSSR count). The zero-order valence-corrected chi connectivity index (χ0v) is 24.7. The molecule has 0 aromatic heterocycles. The van der Waals surface area contributed by atoms with E-state index in [0.717, 1.165) is 5.56 Å². The highest BCUT2D eigenvalue weighted by Gasteiger charge is 2.38. The molecule has 2 aromatic carbocycles. The van der Waals surface area contributed by atoms with E-state index in [1.54, 1.807) is 42.5 Å². The summed E-state index contributed by atoms with van der Waals surface area (Å²) < 4.78 is 31.7. The summed E-state index contributed by atoms with van der Waals surface area (Å²) in [7, 11) is 0. The minimum absolute atomic E-state index is 0.0119. The van der Waals surface area contributed by atoms with Gasteiger partial charge in [0.1, 0.15) is 23.9 Å². The molecule has 0 saturated heterocycles. The Hall–Kier alpha value is -5.45. The highest BCUT2D eigenvalue weighted by Crippen LogP contribution is 2.13. The number of aliphatic carboxylic acids is 2. The third-order valence-corrected chi connectivity index (χ3v) is 6.49. The number of carbonyl (C=O) groups is 6. The molecule has 0 fully saturated rings. The van der Waals surface area contributed by atoms with Gasteiger partial charge in [-0.3, -0.25) is 19.2 Å². The van der Waals surface area contributed by atoms with Crippen molar-refractivity contribution in [2.75, 3.05) is 6.54 Å². The molecular formula is C30H34F3N5O9. The quantitative estimate of drug-likeness (QED) is 0.186. The zero-order valence-electron chi connectivity index (χ0n) is 24.7. The number of carboxylic acids is 2. The van der Waals surface area contributed by atoms with E-state index < -0.39 is 72.5 Å². The summed E-state index contributed by atoms with van der Waals surface area (Å²) in [6, 6.07) is 10.6. The molecule has 0 saturated carbocycles. The number of halogens is 3. The van der Waals surface area contributed by atoms with E-state index >= 15 is 0 Å². The number of nitrogens with one attached hydrogen (secondary N) is 4. The smallest absolute Gasteiger partial charge is 0.490 e. The van der Waals surface area contributed by atoms with Crippen molar-refractivity contribution in [3.05, 3.63) is 77.9 Å². The molecule has 1 aliphatic heterocycles. The van der Waals surface area contributed by atoms with Crippen LogP contribution in [0, 0.1) is 0 Å². The normalized spacial score (nSPS) is 20.4. The number of benzene rings is 2. The van der Waals surface area contributed by atoms with Crippen molar-refractivity contribution in [3.8, 4) is 5.75 Å². The third-order valence-electron chi connectivity index (χ3n) is 6.49. The monoisotopic (exact) mass is 665 g/mol. The maximum atomic E-state index is 12.9. The fourth-order valence-electron chi connectivity index (χ4n) is 4.04. The average molecular weight is 666 g/mol. The molecule has 0 spiro atoms. The van der Waals surface area contributed by atoms with E-state index in [1.807, 2.05) is 0 Å². The number of phenolic OH excluding ortho intramolecular Hbond substituents is 1. The predicted octanol–water partition coefficient (Wildman–Crippen LogP) is 0.143. The van der Waals surface area contributed by atoms with Gasteiger partial charge in [0.2, 0.25) is 23.6 Å². The van der Waals surface area contributed by atoms with Gasteiger partial charge in [-0.1, -0.05) is 54.6 Å². The summed E-state index contributed by atoms with van der Waals surface area (Å²) >= 11 is 0. The molecule has 2 aromatic rings. The standard InChI is InChI=1S/C28H33N5O7.C2HF3O2/c29-20(14-18-10-12-19(34)13-11-18)25(36)32-21-8-4-5-9-22(28(39)40)33-27(38)23(15-17-6-2-1-3-7-17)31-24(35)16-30-26(21)37;3-2(4,5)1(6)7/h1-7,10-13,20-23,34H,8-9,14-16,29H2,(H,30,37)(H,31,35)(H,32,36)(H,33,38)(H,39,40);(H,6,7)/b5-4-;/t20-,21+,22+,23-;/m0./s1. The third kappa shape index (κ3) is 13.6. The molecule has 0 unspecified atom stereocenters. The van der Waals surface area contributed by atoms with Crippen LogP contribution in [0.3, 0.4) is 0 Å². The van der Waals surface area contributed by atoms with Gasteiger partial charge in [-0.05, 0) is 42.5 Å². The molecule has 14 nitrogen and oxygen atoms in total. The van der Waals surface area contributed by atoms with Crippen LogP contribution in [0.1, 0.15) is 24.0 Å². The van der Waals surface area contributed by atoms with Crippen molar-refractivity contribution in [1.82, 2.24) is 21.3 Å². The van der Waals surface area contributed by atoms with Crippen LogP contribution in [0.4, 0.5) is 13.2 Å². The number of amides is 4. The topological polar surface area (TPSA) is 237 Å². The fourth-order valence-corrected chi connectivity index (χ4v) is 4.04. The lowest BCUT2D eigenvalue weighted by Crippen LogP contribution is -2.55. The lowest BCUT2D eigenvalue weighted by atomic mass is 10.0. The van der Waals surface area contributed by atoms with Gasteiger partial charge in [0.05, 0.1) is 12.6 Å². The van der Waals surface area contributed by atoms with Gasteiger partial charge >= 0.3 is 18.1 Å². The van der Waals surface area contributed by atoms with Crippen LogP contribution in [0.15, 0.2) is 66.7 Å². The molecule has 17 heteroatoms. The Labute approximate surface area is 266 Å². The van der Waals surface area contributed by atoms with Crippen molar-refractivity contribution >= 4 is 35.6 Å². The van der Waals surface area contributed by atoms with Gasteiger partial charge < -0.3 is 42.3 Å². The molecule has 0 bridgehead atoms. The van der Waals surface area contributed by atoms with Gasteiger partial charge in [0, 0.05) is 6.42 Å². The number of carboxylic acid groups (broad SMARTS) is 2. The van der Waals surface area contributed by atoms with Gasteiger partial charge in [0.15, 0.2) is 0 Å².